The molecule has 1 unspecified atom stereocenters. The average molecular weight is 443 g/mol. The highest BCUT2D eigenvalue weighted by Crippen LogP contribution is 2.30. The summed E-state index contributed by atoms with van der Waals surface area (Å²) in [6, 6.07) is 9.90. The minimum absolute atomic E-state index is 0.0531. The van der Waals surface area contributed by atoms with Gasteiger partial charge in [-0.1, -0.05) is 39.8 Å². The van der Waals surface area contributed by atoms with Crippen LogP contribution in [-0.2, 0) is 22.7 Å². The van der Waals surface area contributed by atoms with Gasteiger partial charge in [0.15, 0.2) is 0 Å². The van der Waals surface area contributed by atoms with Gasteiger partial charge >= 0.3 is 0 Å². The number of halogens is 1. The van der Waals surface area contributed by atoms with E-state index in [0.29, 0.717) is 25.3 Å². The second-order valence-corrected chi connectivity index (χ2v) is 10.3. The van der Waals surface area contributed by atoms with Crippen LogP contribution in [0, 0.1) is 17.2 Å². The van der Waals surface area contributed by atoms with Gasteiger partial charge in [-0.2, -0.15) is 0 Å². The van der Waals surface area contributed by atoms with Gasteiger partial charge in [-0.15, -0.1) is 0 Å². The number of amides is 2. The van der Waals surface area contributed by atoms with Crippen molar-refractivity contribution in [3.8, 4) is 0 Å². The lowest BCUT2D eigenvalue weighted by Gasteiger charge is -2.29. The molecule has 2 amide bonds. The Morgan fingerprint density at radius 3 is 2.34 bits per heavy atom. The molecule has 0 bridgehead atoms. The van der Waals surface area contributed by atoms with E-state index in [1.54, 1.807) is 34.3 Å². The van der Waals surface area contributed by atoms with Crippen molar-refractivity contribution in [2.24, 2.45) is 11.3 Å². The van der Waals surface area contributed by atoms with Crippen LogP contribution < -0.4 is 0 Å². The van der Waals surface area contributed by atoms with Gasteiger partial charge in [-0.25, -0.2) is 4.39 Å². The maximum absolute atomic E-state index is 13.3. The molecule has 1 aliphatic carbocycles. The first-order chi connectivity index (χ1) is 15.1. The molecule has 1 aliphatic rings. The van der Waals surface area contributed by atoms with Crippen molar-refractivity contribution in [2.45, 2.75) is 72.5 Å². The first kappa shape index (κ1) is 24.0. The summed E-state index contributed by atoms with van der Waals surface area (Å²) >= 11 is 0. The van der Waals surface area contributed by atoms with Gasteiger partial charge in [-0.3, -0.25) is 9.59 Å². The summed E-state index contributed by atoms with van der Waals surface area (Å²) in [7, 11) is 0. The Balaban J connectivity index is 1.69. The second-order valence-electron chi connectivity index (χ2n) is 10.3. The molecule has 5 nitrogen and oxygen atoms in total. The summed E-state index contributed by atoms with van der Waals surface area (Å²) in [4.78, 5) is 29.8. The lowest BCUT2D eigenvalue weighted by Crippen LogP contribution is -2.44. The van der Waals surface area contributed by atoms with Gasteiger partial charge in [0.2, 0.25) is 11.8 Å². The molecule has 0 radical (unpaired) electrons. The Labute approximate surface area is 190 Å². The number of carbonyl (C=O) groups is 2. The normalized spacial score (nSPS) is 14.8. The highest BCUT2D eigenvalue weighted by molar-refractivity contribution is 5.85. The molecule has 174 valence electrons. The Morgan fingerprint density at radius 1 is 1.09 bits per heavy atom. The van der Waals surface area contributed by atoms with Gasteiger partial charge in [0, 0.05) is 19.0 Å². The van der Waals surface area contributed by atoms with Crippen molar-refractivity contribution in [2.75, 3.05) is 6.54 Å². The van der Waals surface area contributed by atoms with Crippen LogP contribution in [0.3, 0.4) is 0 Å². The second kappa shape index (κ2) is 10.3. The van der Waals surface area contributed by atoms with E-state index in [-0.39, 0.29) is 41.6 Å². The minimum atomic E-state index is -0.312. The summed E-state index contributed by atoms with van der Waals surface area (Å²) < 4.78 is 18.8. The van der Waals surface area contributed by atoms with E-state index in [4.69, 9.17) is 4.42 Å². The smallest absolute Gasteiger partial charge is 0.242 e. The SMILES string of the molecule is CC(CC(=O)N(CC(=O)N(Cc1ccc(F)cc1)Cc1ccco1)C1CC1)CC(C)(C)C. The van der Waals surface area contributed by atoms with Crippen molar-refractivity contribution in [1.82, 2.24) is 9.80 Å². The molecule has 2 aromatic rings. The van der Waals surface area contributed by atoms with Gasteiger partial charge in [0.25, 0.3) is 0 Å². The fraction of sp³-hybridized carbons (Fsp3) is 0.538. The maximum atomic E-state index is 13.3. The molecule has 1 heterocycles. The van der Waals surface area contributed by atoms with E-state index in [1.807, 2.05) is 6.07 Å². The van der Waals surface area contributed by atoms with E-state index >= 15 is 0 Å². The molecule has 32 heavy (non-hydrogen) atoms. The van der Waals surface area contributed by atoms with E-state index < -0.39 is 0 Å². The van der Waals surface area contributed by atoms with Crippen LogP contribution in [0.5, 0.6) is 0 Å². The van der Waals surface area contributed by atoms with E-state index in [2.05, 4.69) is 27.7 Å². The first-order valence-corrected chi connectivity index (χ1v) is 11.4. The average Bonchev–Trinajstić information content (AvgIpc) is 3.41. The molecule has 3 rings (SSSR count). The fourth-order valence-corrected chi connectivity index (χ4v) is 4.22. The Morgan fingerprint density at radius 2 is 1.78 bits per heavy atom. The van der Waals surface area contributed by atoms with E-state index in [1.165, 1.54) is 12.1 Å². The van der Waals surface area contributed by atoms with Crippen LogP contribution in [0.4, 0.5) is 4.39 Å². The monoisotopic (exact) mass is 442 g/mol. The molecule has 0 N–H and O–H groups in total. The van der Waals surface area contributed by atoms with E-state index in [9.17, 15) is 14.0 Å². The molecule has 0 spiro atoms. The number of hydrogen-bond donors (Lipinski definition) is 0. The topological polar surface area (TPSA) is 53.8 Å². The maximum Gasteiger partial charge on any atom is 0.242 e. The third-order valence-electron chi connectivity index (χ3n) is 5.66. The third kappa shape index (κ3) is 7.50. The molecule has 1 fully saturated rings. The van der Waals surface area contributed by atoms with Crippen molar-refractivity contribution in [3.63, 3.8) is 0 Å². The molecule has 0 saturated heterocycles. The zero-order valence-electron chi connectivity index (χ0n) is 19.6. The highest BCUT2D eigenvalue weighted by Gasteiger charge is 2.35. The largest absolute Gasteiger partial charge is 0.467 e. The Hall–Kier alpha value is -2.63. The van der Waals surface area contributed by atoms with Gasteiger partial charge in [0.05, 0.1) is 12.8 Å². The quantitative estimate of drug-likeness (QED) is 0.495. The van der Waals surface area contributed by atoms with Crippen LogP contribution in [-0.4, -0.2) is 34.2 Å². The summed E-state index contributed by atoms with van der Waals surface area (Å²) in [6.07, 6.45) is 4.88. The zero-order valence-corrected chi connectivity index (χ0v) is 19.6. The number of rotatable bonds is 10. The van der Waals surface area contributed by atoms with Crippen molar-refractivity contribution >= 4 is 11.8 Å². The molecule has 1 saturated carbocycles. The number of furan rings is 1. The van der Waals surface area contributed by atoms with Crippen LogP contribution in [0.25, 0.3) is 0 Å². The molecular formula is C26H35FN2O3. The van der Waals surface area contributed by atoms with Crippen molar-refractivity contribution in [1.29, 1.82) is 0 Å². The van der Waals surface area contributed by atoms with Crippen LogP contribution in [0.2, 0.25) is 0 Å². The number of hydrogen-bond acceptors (Lipinski definition) is 3. The highest BCUT2D eigenvalue weighted by atomic mass is 19.1. The van der Waals surface area contributed by atoms with Crippen LogP contribution >= 0.6 is 0 Å². The van der Waals surface area contributed by atoms with E-state index in [0.717, 1.165) is 24.8 Å². The van der Waals surface area contributed by atoms with Crippen LogP contribution in [0.1, 0.15) is 64.7 Å². The van der Waals surface area contributed by atoms with Gasteiger partial charge in [-0.05, 0) is 60.4 Å². The summed E-state index contributed by atoms with van der Waals surface area (Å²) in [5.41, 5.74) is 0.990. The van der Waals surface area contributed by atoms with Crippen molar-refractivity contribution < 1.29 is 18.4 Å². The predicted molar refractivity (Wildman–Crippen MR) is 122 cm³/mol. The predicted octanol–water partition coefficient (Wildman–Crippen LogP) is 5.40. The lowest BCUT2D eigenvalue weighted by molar-refractivity contribution is -0.142. The zero-order chi connectivity index (χ0) is 23.3. The number of benzene rings is 1. The summed E-state index contributed by atoms with van der Waals surface area (Å²) in [5, 5.41) is 0. The molecule has 6 heteroatoms. The number of nitrogens with zero attached hydrogens (tertiary/aromatic N) is 2. The van der Waals surface area contributed by atoms with Crippen LogP contribution in [0.15, 0.2) is 47.1 Å². The van der Waals surface area contributed by atoms with Gasteiger partial charge < -0.3 is 14.2 Å². The Kier molecular flexibility index (Phi) is 7.75. The lowest BCUT2D eigenvalue weighted by atomic mass is 9.84. The minimum Gasteiger partial charge on any atom is -0.467 e. The van der Waals surface area contributed by atoms with Gasteiger partial charge in [0.1, 0.15) is 18.1 Å². The molecule has 1 aromatic heterocycles. The molecular weight excluding hydrogens is 407 g/mol. The molecule has 1 aromatic carbocycles. The fourth-order valence-electron chi connectivity index (χ4n) is 4.22. The summed E-state index contributed by atoms with van der Waals surface area (Å²) in [6.45, 7) is 9.33. The van der Waals surface area contributed by atoms with Crippen molar-refractivity contribution in [3.05, 3.63) is 59.8 Å². The molecule has 1 atom stereocenters. The first-order valence-electron chi connectivity index (χ1n) is 11.4. The Bertz CT molecular complexity index is 883. The standard InChI is InChI=1S/C26H35FN2O3/c1-19(15-26(2,3)4)14-24(30)29(22-11-12-22)18-25(31)28(17-23-6-5-13-32-23)16-20-7-9-21(27)10-8-20/h5-10,13,19,22H,11-12,14-18H2,1-4H3. The third-order valence-corrected chi connectivity index (χ3v) is 5.66. The number of carbonyl (C=O) groups excluding carboxylic acids is 2. The molecule has 0 aliphatic heterocycles. The summed E-state index contributed by atoms with van der Waals surface area (Å²) in [5.74, 6) is 0.542.